The van der Waals surface area contributed by atoms with Crippen molar-refractivity contribution in [3.63, 3.8) is 0 Å². The van der Waals surface area contributed by atoms with Crippen LogP contribution in [0.5, 0.6) is 5.75 Å². The lowest BCUT2D eigenvalue weighted by atomic mass is 10.2. The third-order valence-corrected chi connectivity index (χ3v) is 3.34. The van der Waals surface area contributed by atoms with E-state index in [9.17, 15) is 14.9 Å². The van der Waals surface area contributed by atoms with Gasteiger partial charge in [0.25, 0.3) is 5.91 Å². The number of nitrogens with zero attached hydrogens (tertiary/aromatic N) is 2. The molecule has 0 fully saturated rings. The van der Waals surface area contributed by atoms with E-state index in [1.165, 1.54) is 20.2 Å². The van der Waals surface area contributed by atoms with Crippen LogP contribution >= 0.6 is 11.3 Å². The van der Waals surface area contributed by atoms with Crippen LogP contribution in [0.15, 0.2) is 12.1 Å². The molecule has 1 amide bonds. The van der Waals surface area contributed by atoms with Crippen LogP contribution in [-0.4, -0.2) is 30.0 Å². The van der Waals surface area contributed by atoms with Crippen LogP contribution in [0.3, 0.4) is 0 Å². The average molecular weight is 267 g/mol. The van der Waals surface area contributed by atoms with Gasteiger partial charge in [-0.2, -0.15) is 0 Å². The molecule has 1 aromatic carbocycles. The highest BCUT2D eigenvalue weighted by Crippen LogP contribution is 2.37. The molecule has 0 spiro atoms. The van der Waals surface area contributed by atoms with E-state index in [1.807, 2.05) is 0 Å². The molecule has 2 rings (SSSR count). The maximum absolute atomic E-state index is 11.5. The van der Waals surface area contributed by atoms with Crippen LogP contribution in [0.1, 0.15) is 9.80 Å². The number of benzene rings is 1. The summed E-state index contributed by atoms with van der Waals surface area (Å²) >= 11 is 1.10. The van der Waals surface area contributed by atoms with Crippen molar-refractivity contribution in [2.45, 2.75) is 0 Å². The lowest BCUT2D eigenvalue weighted by Gasteiger charge is -2.00. The van der Waals surface area contributed by atoms with E-state index in [0.717, 1.165) is 11.3 Å². The summed E-state index contributed by atoms with van der Waals surface area (Å²) in [5, 5.41) is 13.6. The molecule has 0 saturated carbocycles. The first-order valence-electron chi connectivity index (χ1n) is 4.92. The number of rotatable bonds is 3. The molecule has 0 aliphatic carbocycles. The van der Waals surface area contributed by atoms with Gasteiger partial charge in [-0.15, -0.1) is 11.3 Å². The molecule has 0 bridgehead atoms. The molecular weight excluding hydrogens is 258 g/mol. The van der Waals surface area contributed by atoms with Gasteiger partial charge in [-0.25, -0.2) is 4.98 Å². The fourth-order valence-electron chi connectivity index (χ4n) is 1.51. The van der Waals surface area contributed by atoms with Crippen LogP contribution in [-0.2, 0) is 0 Å². The summed E-state index contributed by atoms with van der Waals surface area (Å²) in [6.07, 6.45) is 0. The third-order valence-electron chi connectivity index (χ3n) is 2.32. The highest BCUT2D eigenvalue weighted by atomic mass is 32.1. The second-order valence-corrected chi connectivity index (χ2v) is 4.35. The first kappa shape index (κ1) is 12.2. The lowest BCUT2D eigenvalue weighted by Crippen LogP contribution is -2.17. The van der Waals surface area contributed by atoms with Crippen LogP contribution in [0.4, 0.5) is 5.69 Å². The molecule has 7 nitrogen and oxygen atoms in total. The monoisotopic (exact) mass is 267 g/mol. The Kier molecular flexibility index (Phi) is 3.11. The topological polar surface area (TPSA) is 94.4 Å². The first-order chi connectivity index (χ1) is 8.58. The van der Waals surface area contributed by atoms with Gasteiger partial charge in [-0.3, -0.25) is 14.9 Å². The smallest absolute Gasteiger partial charge is 0.337 e. The van der Waals surface area contributed by atoms with Gasteiger partial charge in [0.05, 0.1) is 16.7 Å². The van der Waals surface area contributed by atoms with Gasteiger partial charge in [0.15, 0.2) is 16.3 Å². The molecular formula is C10H9N3O4S. The molecule has 2 aromatic rings. The van der Waals surface area contributed by atoms with Crippen molar-refractivity contribution < 1.29 is 14.5 Å². The fraction of sp³-hybridized carbons (Fsp3) is 0.200. The van der Waals surface area contributed by atoms with Gasteiger partial charge < -0.3 is 10.1 Å². The summed E-state index contributed by atoms with van der Waals surface area (Å²) in [4.78, 5) is 25.9. The van der Waals surface area contributed by atoms with Gasteiger partial charge in [0, 0.05) is 7.05 Å². The number of carbonyl (C=O) groups excluding carboxylic acids is 1. The standard InChI is InChI=1S/C10H9N3O4S/c1-11-9(14)10-12-7-6(18-10)4-3-5(17-2)8(7)13(15)16/h3-4H,1-2H3,(H,11,14). The van der Waals surface area contributed by atoms with Gasteiger partial charge in [0.1, 0.15) is 0 Å². The maximum Gasteiger partial charge on any atom is 0.337 e. The number of nitro groups is 1. The highest BCUT2D eigenvalue weighted by molar-refractivity contribution is 7.20. The Morgan fingerprint density at radius 3 is 2.83 bits per heavy atom. The molecule has 1 N–H and O–H groups in total. The highest BCUT2D eigenvalue weighted by Gasteiger charge is 2.24. The van der Waals surface area contributed by atoms with Crippen LogP contribution in [0.25, 0.3) is 10.2 Å². The average Bonchev–Trinajstić information content (AvgIpc) is 2.79. The SMILES string of the molecule is CNC(=O)c1nc2c([N+](=O)[O-])c(OC)ccc2s1. The zero-order valence-corrected chi connectivity index (χ0v) is 10.4. The second kappa shape index (κ2) is 4.57. The van der Waals surface area contributed by atoms with Crippen molar-refractivity contribution >= 4 is 33.1 Å². The Morgan fingerprint density at radius 1 is 1.56 bits per heavy atom. The molecule has 18 heavy (non-hydrogen) atoms. The molecule has 1 aromatic heterocycles. The van der Waals surface area contributed by atoms with Crippen LogP contribution in [0.2, 0.25) is 0 Å². The summed E-state index contributed by atoms with van der Waals surface area (Å²) in [5.41, 5.74) is -0.0515. The number of thiazole rings is 1. The van der Waals surface area contributed by atoms with Crippen molar-refractivity contribution in [2.75, 3.05) is 14.2 Å². The van der Waals surface area contributed by atoms with Gasteiger partial charge >= 0.3 is 5.69 Å². The van der Waals surface area contributed by atoms with Crippen LogP contribution < -0.4 is 10.1 Å². The molecule has 0 atom stereocenters. The Hall–Kier alpha value is -2.22. The number of hydrogen-bond donors (Lipinski definition) is 1. The number of carbonyl (C=O) groups is 1. The van der Waals surface area contributed by atoms with E-state index in [-0.39, 0.29) is 27.9 Å². The predicted molar refractivity (Wildman–Crippen MR) is 66.2 cm³/mol. The predicted octanol–water partition coefficient (Wildman–Crippen LogP) is 1.57. The summed E-state index contributed by atoms with van der Waals surface area (Å²) < 4.78 is 5.50. The largest absolute Gasteiger partial charge is 0.490 e. The van der Waals surface area contributed by atoms with Crippen LogP contribution in [0, 0.1) is 10.1 Å². The Labute approximate surface area is 106 Å². The summed E-state index contributed by atoms with van der Waals surface area (Å²) in [6.45, 7) is 0. The molecule has 94 valence electrons. The maximum atomic E-state index is 11.5. The fourth-order valence-corrected chi connectivity index (χ4v) is 2.42. The minimum atomic E-state index is -0.561. The number of fused-ring (bicyclic) bond motifs is 1. The number of aromatic nitrogens is 1. The van der Waals surface area contributed by atoms with E-state index in [1.54, 1.807) is 6.07 Å². The molecule has 0 aliphatic heterocycles. The molecule has 0 unspecified atom stereocenters. The molecule has 0 saturated heterocycles. The Bertz CT molecular complexity index is 637. The molecule has 1 heterocycles. The Balaban J connectivity index is 2.72. The normalized spacial score (nSPS) is 10.3. The van der Waals surface area contributed by atoms with Crippen molar-refractivity contribution in [2.24, 2.45) is 0 Å². The number of amides is 1. The number of hydrogen-bond acceptors (Lipinski definition) is 6. The minimum absolute atomic E-state index is 0.126. The Morgan fingerprint density at radius 2 is 2.28 bits per heavy atom. The molecule has 8 heteroatoms. The van der Waals surface area contributed by atoms with Crippen molar-refractivity contribution in [3.05, 3.63) is 27.3 Å². The first-order valence-corrected chi connectivity index (χ1v) is 5.74. The van der Waals surface area contributed by atoms with Crippen molar-refractivity contribution in [1.82, 2.24) is 10.3 Å². The molecule has 0 radical (unpaired) electrons. The zero-order chi connectivity index (χ0) is 13.3. The lowest BCUT2D eigenvalue weighted by molar-refractivity contribution is -0.384. The summed E-state index contributed by atoms with van der Waals surface area (Å²) in [6, 6.07) is 3.14. The summed E-state index contributed by atoms with van der Waals surface area (Å²) in [7, 11) is 2.82. The number of nitrogens with one attached hydrogen (secondary N) is 1. The van der Waals surface area contributed by atoms with Gasteiger partial charge in [-0.05, 0) is 12.1 Å². The third kappa shape index (κ3) is 1.86. The van der Waals surface area contributed by atoms with E-state index in [4.69, 9.17) is 4.74 Å². The van der Waals surface area contributed by atoms with Crippen molar-refractivity contribution in [3.8, 4) is 5.75 Å². The van der Waals surface area contributed by atoms with E-state index in [2.05, 4.69) is 10.3 Å². The van der Waals surface area contributed by atoms with E-state index in [0.29, 0.717) is 4.70 Å². The molecule has 0 aliphatic rings. The number of methoxy groups -OCH3 is 1. The van der Waals surface area contributed by atoms with Gasteiger partial charge in [-0.1, -0.05) is 0 Å². The quantitative estimate of drug-likeness (QED) is 0.672. The minimum Gasteiger partial charge on any atom is -0.490 e. The number of nitro benzene ring substituents is 1. The number of ether oxygens (including phenoxy) is 1. The summed E-state index contributed by atoms with van der Waals surface area (Å²) in [5.74, 6) is -0.245. The van der Waals surface area contributed by atoms with Gasteiger partial charge in [0.2, 0.25) is 0 Å². The van der Waals surface area contributed by atoms with E-state index >= 15 is 0 Å². The van der Waals surface area contributed by atoms with Crippen molar-refractivity contribution in [1.29, 1.82) is 0 Å². The zero-order valence-electron chi connectivity index (χ0n) is 9.59. The van der Waals surface area contributed by atoms with E-state index < -0.39 is 4.92 Å². The second-order valence-electron chi connectivity index (χ2n) is 3.32.